The third-order valence-corrected chi connectivity index (χ3v) is 15.7. The largest absolute Gasteiger partial charge is 0.468 e. The molecule has 304 valence electrons. The average Bonchev–Trinajstić information content (AvgIpc) is 3.64. The fraction of sp³-hybridized carbons (Fsp3) is 0.612. The van der Waals surface area contributed by atoms with Crippen molar-refractivity contribution >= 4 is 23.4 Å². The summed E-state index contributed by atoms with van der Waals surface area (Å²) in [5.41, 5.74) is 4.66. The maximum absolute atomic E-state index is 14.3. The van der Waals surface area contributed by atoms with Gasteiger partial charge in [-0.2, -0.15) is 0 Å². The molecule has 4 fully saturated rings. The smallest absolute Gasteiger partial charge is 0.337 e. The SMILES string of the molecule is C=CC.COC(=O)CN(CCNC(=O)C12CCCC1C1CCC3C(C)(CCC4C(C)(C)C(c5ccc(C(=O)OC)cc5)=CCC43C)C1CC2)Cc1ccccc1. The van der Waals surface area contributed by atoms with E-state index in [0.717, 1.165) is 37.7 Å². The van der Waals surface area contributed by atoms with Crippen molar-refractivity contribution < 1.29 is 23.9 Å². The Balaban J connectivity index is 0.00000172. The molecular formula is C49H68N2O5. The molecule has 7 heteroatoms. The van der Waals surface area contributed by atoms with Crippen LogP contribution in [0.15, 0.2) is 73.3 Å². The molecule has 0 spiro atoms. The molecule has 0 aromatic heterocycles. The molecular weight excluding hydrogens is 697 g/mol. The number of carbonyl (C=O) groups excluding carboxylic acids is 3. The van der Waals surface area contributed by atoms with Gasteiger partial charge in [-0.25, -0.2) is 4.79 Å². The number of hydrogen-bond donors (Lipinski definition) is 1. The summed E-state index contributed by atoms with van der Waals surface area (Å²) in [7, 11) is 2.86. The van der Waals surface area contributed by atoms with Gasteiger partial charge >= 0.3 is 11.9 Å². The predicted molar refractivity (Wildman–Crippen MR) is 224 cm³/mol. The van der Waals surface area contributed by atoms with Crippen LogP contribution in [0, 0.1) is 51.2 Å². The zero-order chi connectivity index (χ0) is 40.3. The summed E-state index contributed by atoms with van der Waals surface area (Å²) in [6.07, 6.45) is 15.9. The molecule has 7 rings (SSSR count). The van der Waals surface area contributed by atoms with E-state index in [1.54, 1.807) is 6.08 Å². The van der Waals surface area contributed by atoms with Crippen molar-refractivity contribution in [3.63, 3.8) is 0 Å². The third-order valence-electron chi connectivity index (χ3n) is 15.7. The lowest BCUT2D eigenvalue weighted by molar-refractivity contribution is -0.181. The van der Waals surface area contributed by atoms with E-state index < -0.39 is 0 Å². The van der Waals surface area contributed by atoms with Crippen molar-refractivity contribution in [3.05, 3.63) is 90.0 Å². The van der Waals surface area contributed by atoms with Crippen molar-refractivity contribution in [1.29, 1.82) is 0 Å². The van der Waals surface area contributed by atoms with Crippen LogP contribution in [0.1, 0.15) is 120 Å². The second-order valence-corrected chi connectivity index (χ2v) is 18.7. The van der Waals surface area contributed by atoms with Gasteiger partial charge in [-0.1, -0.05) is 88.7 Å². The summed E-state index contributed by atoms with van der Waals surface area (Å²) in [5.74, 6) is 2.71. The summed E-state index contributed by atoms with van der Waals surface area (Å²) in [6, 6.07) is 18.2. The first-order chi connectivity index (χ1) is 26.8. The van der Waals surface area contributed by atoms with Crippen molar-refractivity contribution in [2.75, 3.05) is 33.9 Å². The van der Waals surface area contributed by atoms with Crippen LogP contribution in [0.25, 0.3) is 5.57 Å². The molecule has 1 N–H and O–H groups in total. The Labute approximate surface area is 337 Å². The molecule has 56 heavy (non-hydrogen) atoms. The topological polar surface area (TPSA) is 84.9 Å². The van der Waals surface area contributed by atoms with Gasteiger partial charge in [-0.3, -0.25) is 14.5 Å². The number of benzene rings is 2. The van der Waals surface area contributed by atoms with Gasteiger partial charge in [-0.15, -0.1) is 6.58 Å². The van der Waals surface area contributed by atoms with Gasteiger partial charge in [0.25, 0.3) is 0 Å². The van der Waals surface area contributed by atoms with E-state index in [0.29, 0.717) is 54.8 Å². The lowest BCUT2D eigenvalue weighted by Gasteiger charge is -2.68. The summed E-state index contributed by atoms with van der Waals surface area (Å²) < 4.78 is 9.94. The summed E-state index contributed by atoms with van der Waals surface area (Å²) in [6.45, 7) is 17.4. The van der Waals surface area contributed by atoms with Crippen LogP contribution in [0.2, 0.25) is 0 Å². The highest BCUT2D eigenvalue weighted by Crippen LogP contribution is 2.73. The molecule has 0 bridgehead atoms. The zero-order valence-electron chi connectivity index (χ0n) is 35.3. The lowest BCUT2D eigenvalue weighted by atomic mass is 9.36. The number of allylic oxidation sites excluding steroid dienone is 3. The van der Waals surface area contributed by atoms with Crippen molar-refractivity contribution in [1.82, 2.24) is 10.2 Å². The van der Waals surface area contributed by atoms with Crippen molar-refractivity contribution in [3.8, 4) is 0 Å². The fourth-order valence-electron chi connectivity index (χ4n) is 13.4. The maximum Gasteiger partial charge on any atom is 0.337 e. The van der Waals surface area contributed by atoms with E-state index in [1.807, 2.05) is 37.3 Å². The first-order valence-corrected chi connectivity index (χ1v) is 21.4. The van der Waals surface area contributed by atoms with Gasteiger partial charge in [0.05, 0.1) is 31.7 Å². The van der Waals surface area contributed by atoms with E-state index in [1.165, 1.54) is 57.5 Å². The van der Waals surface area contributed by atoms with Crippen LogP contribution >= 0.6 is 0 Å². The van der Waals surface area contributed by atoms with E-state index >= 15 is 0 Å². The van der Waals surface area contributed by atoms with Gasteiger partial charge in [0.1, 0.15) is 0 Å². The molecule has 8 atom stereocenters. The lowest BCUT2D eigenvalue weighted by Crippen LogP contribution is -2.62. The van der Waals surface area contributed by atoms with Crippen molar-refractivity contribution in [2.24, 2.45) is 51.2 Å². The number of nitrogens with zero attached hydrogens (tertiary/aromatic N) is 1. The Hall–Kier alpha value is -3.71. The van der Waals surface area contributed by atoms with Gasteiger partial charge in [0.2, 0.25) is 5.91 Å². The normalized spacial score (nSPS) is 32.5. The average molecular weight is 765 g/mol. The molecule has 0 radical (unpaired) electrons. The Kier molecular flexibility index (Phi) is 12.7. The summed E-state index contributed by atoms with van der Waals surface area (Å²) in [4.78, 5) is 40.8. The first kappa shape index (κ1) is 41.9. The molecule has 0 saturated heterocycles. The number of hydrogen-bond acceptors (Lipinski definition) is 6. The molecule has 8 unspecified atom stereocenters. The highest BCUT2D eigenvalue weighted by Gasteiger charge is 2.66. The number of fused-ring (bicyclic) bond motifs is 7. The number of ether oxygens (including phenoxy) is 2. The second-order valence-electron chi connectivity index (χ2n) is 18.7. The number of esters is 2. The van der Waals surface area contributed by atoms with Gasteiger partial charge in [0, 0.05) is 19.6 Å². The number of nitrogens with one attached hydrogen (secondary N) is 1. The van der Waals surface area contributed by atoms with E-state index in [4.69, 9.17) is 9.47 Å². The Morgan fingerprint density at radius 3 is 2.23 bits per heavy atom. The number of carbonyl (C=O) groups is 3. The number of methoxy groups -OCH3 is 2. The molecule has 5 aliphatic rings. The van der Waals surface area contributed by atoms with Crippen LogP contribution in [-0.2, 0) is 25.6 Å². The standard InChI is InChI=1S/C46H62N2O5.C3H6/c1-43(2)35(32-14-16-33(17-15-32)41(50)53-6)20-24-45(4)38(43)22-25-44(3)36-21-26-46(23-10-13-37(46)34(36)18-19-39(44)45)42(51)47-27-28-48(30-40(49)52-5)29-31-11-8-7-9-12-31;1-3-2/h7-9,11-12,14-17,20,34,36-39H,10,13,18-19,21-30H2,1-6H3,(H,47,51);3H,1H2,2H3. The Morgan fingerprint density at radius 2 is 1.55 bits per heavy atom. The molecule has 4 saturated carbocycles. The minimum Gasteiger partial charge on any atom is -0.468 e. The predicted octanol–water partition coefficient (Wildman–Crippen LogP) is 9.92. The van der Waals surface area contributed by atoms with E-state index in [9.17, 15) is 14.4 Å². The second kappa shape index (κ2) is 17.0. The minimum absolute atomic E-state index is 0.0246. The van der Waals surface area contributed by atoms with Crippen LogP contribution in [0.3, 0.4) is 0 Å². The zero-order valence-corrected chi connectivity index (χ0v) is 35.3. The quantitative estimate of drug-likeness (QED) is 0.192. The number of rotatable bonds is 10. The fourth-order valence-corrected chi connectivity index (χ4v) is 13.4. The van der Waals surface area contributed by atoms with Crippen LogP contribution in [0.4, 0.5) is 0 Å². The molecule has 5 aliphatic carbocycles. The van der Waals surface area contributed by atoms with Gasteiger partial charge in [-0.05, 0) is 139 Å². The van der Waals surface area contributed by atoms with E-state index in [2.05, 4.69) is 74.8 Å². The molecule has 1 amide bonds. The van der Waals surface area contributed by atoms with Crippen molar-refractivity contribution in [2.45, 2.75) is 105 Å². The van der Waals surface area contributed by atoms with Crippen LogP contribution in [0.5, 0.6) is 0 Å². The van der Waals surface area contributed by atoms with Crippen LogP contribution < -0.4 is 5.32 Å². The van der Waals surface area contributed by atoms with Crippen LogP contribution in [-0.4, -0.2) is 56.6 Å². The van der Waals surface area contributed by atoms with Gasteiger partial charge < -0.3 is 14.8 Å². The summed E-state index contributed by atoms with van der Waals surface area (Å²) >= 11 is 0. The highest BCUT2D eigenvalue weighted by atomic mass is 16.5. The molecule has 7 nitrogen and oxygen atoms in total. The molecule has 0 aliphatic heterocycles. The highest BCUT2D eigenvalue weighted by molar-refractivity contribution is 5.90. The van der Waals surface area contributed by atoms with E-state index in [-0.39, 0.29) is 46.1 Å². The minimum atomic E-state index is -0.292. The molecule has 2 aromatic rings. The number of amides is 1. The molecule has 2 aromatic carbocycles. The first-order valence-electron chi connectivity index (χ1n) is 21.4. The summed E-state index contributed by atoms with van der Waals surface area (Å²) in [5, 5.41) is 3.40. The Bertz CT molecular complexity index is 1750. The Morgan fingerprint density at radius 1 is 0.839 bits per heavy atom. The maximum atomic E-state index is 14.3. The molecule has 0 heterocycles. The third kappa shape index (κ3) is 7.66. The monoisotopic (exact) mass is 765 g/mol. The van der Waals surface area contributed by atoms with Gasteiger partial charge in [0.15, 0.2) is 0 Å².